The molecule has 0 saturated carbocycles. The number of nitrogens with one attached hydrogen (secondary N) is 1. The number of carbonyl (C=O) groups excluding carboxylic acids is 2. The molecule has 8 nitrogen and oxygen atoms in total. The number of hydrogen-bond donors (Lipinski definition) is 1. The van der Waals surface area contributed by atoms with E-state index >= 15 is 0 Å². The Balaban J connectivity index is 1.74. The van der Waals surface area contributed by atoms with Gasteiger partial charge in [0.15, 0.2) is 0 Å². The molecule has 2 aromatic heterocycles. The normalized spacial score (nSPS) is 16.5. The van der Waals surface area contributed by atoms with Gasteiger partial charge in [0.2, 0.25) is 11.8 Å². The first-order chi connectivity index (χ1) is 12.5. The van der Waals surface area contributed by atoms with Crippen molar-refractivity contribution in [2.24, 2.45) is 0 Å². The van der Waals surface area contributed by atoms with Gasteiger partial charge in [-0.1, -0.05) is 6.07 Å². The maximum atomic E-state index is 12.7. The van der Waals surface area contributed by atoms with Gasteiger partial charge in [0.05, 0.1) is 24.0 Å². The van der Waals surface area contributed by atoms with Gasteiger partial charge in [-0.2, -0.15) is 0 Å². The molecule has 1 aliphatic rings. The smallest absolute Gasteiger partial charge is 0.347 e. The minimum Gasteiger partial charge on any atom is -0.351 e. The van der Waals surface area contributed by atoms with Crippen LogP contribution in [0.15, 0.2) is 41.5 Å². The Labute approximate surface area is 150 Å². The molecule has 0 bridgehead atoms. The van der Waals surface area contributed by atoms with Gasteiger partial charge in [-0.3, -0.25) is 19.1 Å². The minimum absolute atomic E-state index is 0.0330. The van der Waals surface area contributed by atoms with E-state index in [9.17, 15) is 14.4 Å². The molecule has 1 fully saturated rings. The zero-order valence-corrected chi connectivity index (χ0v) is 14.6. The average molecular weight is 355 g/mol. The highest BCUT2D eigenvalue weighted by Crippen LogP contribution is 2.31. The number of rotatable bonds is 5. The molecule has 26 heavy (non-hydrogen) atoms. The second-order valence-electron chi connectivity index (χ2n) is 6.24. The van der Waals surface area contributed by atoms with Crippen LogP contribution < -0.4 is 11.0 Å². The molecule has 1 unspecified atom stereocenters. The Kier molecular flexibility index (Phi) is 5.40. The molecule has 8 heteroatoms. The molecule has 2 aromatic rings. The van der Waals surface area contributed by atoms with Crippen LogP contribution in [0.25, 0.3) is 0 Å². The van der Waals surface area contributed by atoms with Gasteiger partial charge >= 0.3 is 5.69 Å². The lowest BCUT2D eigenvalue weighted by Gasteiger charge is -2.25. The van der Waals surface area contributed by atoms with Crippen molar-refractivity contribution in [3.8, 4) is 0 Å². The number of aromatic nitrogens is 3. The third-order valence-corrected chi connectivity index (χ3v) is 4.35. The molecule has 0 radical (unpaired) electrons. The number of nitrogens with zero attached hydrogens (tertiary/aromatic N) is 4. The van der Waals surface area contributed by atoms with Gasteiger partial charge in [-0.25, -0.2) is 9.78 Å². The van der Waals surface area contributed by atoms with Crippen LogP contribution >= 0.6 is 0 Å². The number of hydrogen-bond acceptors (Lipinski definition) is 5. The van der Waals surface area contributed by atoms with E-state index < -0.39 is 5.69 Å². The fraction of sp³-hybridized carbons (Fsp3) is 0.389. The van der Waals surface area contributed by atoms with Crippen molar-refractivity contribution in [3.05, 3.63) is 58.5 Å². The molecule has 3 rings (SSSR count). The van der Waals surface area contributed by atoms with E-state index in [0.29, 0.717) is 13.1 Å². The summed E-state index contributed by atoms with van der Waals surface area (Å²) in [6.45, 7) is 2.42. The lowest BCUT2D eigenvalue weighted by atomic mass is 10.1. The highest BCUT2D eigenvalue weighted by atomic mass is 16.2. The Morgan fingerprint density at radius 1 is 1.31 bits per heavy atom. The first-order valence-electron chi connectivity index (χ1n) is 8.56. The monoisotopic (exact) mass is 355 g/mol. The van der Waals surface area contributed by atoms with Crippen molar-refractivity contribution < 1.29 is 9.59 Å². The largest absolute Gasteiger partial charge is 0.351 e. The summed E-state index contributed by atoms with van der Waals surface area (Å²) in [5.74, 6) is -0.242. The van der Waals surface area contributed by atoms with Crippen molar-refractivity contribution in [2.75, 3.05) is 6.54 Å². The highest BCUT2D eigenvalue weighted by Gasteiger charge is 2.31. The molecule has 1 atom stereocenters. The summed E-state index contributed by atoms with van der Waals surface area (Å²) < 4.78 is 1.30. The SMILES string of the molecule is CC(=O)NCc1cccc(C2CCCN2C(=O)Cn2cccnc2=O)n1. The minimum atomic E-state index is -0.438. The van der Waals surface area contributed by atoms with Crippen LogP contribution in [-0.2, 0) is 22.7 Å². The van der Waals surface area contributed by atoms with Gasteiger partial charge in [0.1, 0.15) is 6.54 Å². The van der Waals surface area contributed by atoms with Crippen molar-refractivity contribution in [2.45, 2.75) is 38.9 Å². The quantitative estimate of drug-likeness (QED) is 0.849. The van der Waals surface area contributed by atoms with Crippen molar-refractivity contribution >= 4 is 11.8 Å². The summed E-state index contributed by atoms with van der Waals surface area (Å²) in [7, 11) is 0. The van der Waals surface area contributed by atoms with E-state index in [0.717, 1.165) is 24.2 Å². The number of likely N-dealkylation sites (tertiary alicyclic amines) is 1. The number of amides is 2. The molecular formula is C18H21N5O3. The van der Waals surface area contributed by atoms with Crippen LogP contribution in [-0.4, -0.2) is 37.8 Å². The standard InChI is InChI=1S/C18H21N5O3/c1-13(24)20-11-14-5-2-6-15(21-14)16-7-3-10-23(16)17(25)12-22-9-4-8-19-18(22)26/h2,4-6,8-9,16H,3,7,10-12H2,1H3,(H,20,24). The Morgan fingerprint density at radius 2 is 2.15 bits per heavy atom. The third-order valence-electron chi connectivity index (χ3n) is 4.35. The Morgan fingerprint density at radius 3 is 2.92 bits per heavy atom. The van der Waals surface area contributed by atoms with Crippen LogP contribution in [0, 0.1) is 0 Å². The zero-order chi connectivity index (χ0) is 18.5. The molecular weight excluding hydrogens is 334 g/mol. The summed E-state index contributed by atoms with van der Waals surface area (Å²) in [4.78, 5) is 45.5. The second kappa shape index (κ2) is 7.90. The first kappa shape index (κ1) is 17.8. The van der Waals surface area contributed by atoms with E-state index in [4.69, 9.17) is 0 Å². The summed E-state index contributed by atoms with van der Waals surface area (Å²) >= 11 is 0. The lowest BCUT2D eigenvalue weighted by Crippen LogP contribution is -2.36. The maximum Gasteiger partial charge on any atom is 0.347 e. The Hall–Kier alpha value is -3.03. The van der Waals surface area contributed by atoms with Gasteiger partial charge in [-0.05, 0) is 31.0 Å². The fourth-order valence-corrected chi connectivity index (χ4v) is 3.11. The molecule has 136 valence electrons. The summed E-state index contributed by atoms with van der Waals surface area (Å²) in [6.07, 6.45) is 4.68. The molecule has 0 aromatic carbocycles. The zero-order valence-electron chi connectivity index (χ0n) is 14.6. The van der Waals surface area contributed by atoms with E-state index in [1.54, 1.807) is 17.2 Å². The lowest BCUT2D eigenvalue weighted by molar-refractivity contribution is -0.133. The fourth-order valence-electron chi connectivity index (χ4n) is 3.11. The molecule has 0 spiro atoms. The van der Waals surface area contributed by atoms with Crippen molar-refractivity contribution in [1.29, 1.82) is 0 Å². The highest BCUT2D eigenvalue weighted by molar-refractivity contribution is 5.76. The first-order valence-corrected chi connectivity index (χ1v) is 8.56. The molecule has 3 heterocycles. The van der Waals surface area contributed by atoms with Gasteiger partial charge in [-0.15, -0.1) is 0 Å². The topological polar surface area (TPSA) is 97.2 Å². The van der Waals surface area contributed by atoms with Crippen molar-refractivity contribution in [1.82, 2.24) is 24.8 Å². The third kappa shape index (κ3) is 4.14. The Bertz CT molecular complexity index is 864. The van der Waals surface area contributed by atoms with Crippen LogP contribution in [0.5, 0.6) is 0 Å². The predicted molar refractivity (Wildman–Crippen MR) is 93.9 cm³/mol. The van der Waals surface area contributed by atoms with Crippen LogP contribution in [0.2, 0.25) is 0 Å². The van der Waals surface area contributed by atoms with E-state index in [-0.39, 0.29) is 24.4 Å². The van der Waals surface area contributed by atoms with Crippen LogP contribution in [0.1, 0.15) is 37.2 Å². The average Bonchev–Trinajstić information content (AvgIpc) is 3.12. The molecule has 0 aliphatic carbocycles. The van der Waals surface area contributed by atoms with Gasteiger partial charge < -0.3 is 10.2 Å². The molecule has 2 amide bonds. The number of carbonyl (C=O) groups is 2. The van der Waals surface area contributed by atoms with Gasteiger partial charge in [0, 0.05) is 25.9 Å². The molecule has 1 saturated heterocycles. The van der Waals surface area contributed by atoms with Crippen LogP contribution in [0.4, 0.5) is 0 Å². The van der Waals surface area contributed by atoms with Gasteiger partial charge in [0.25, 0.3) is 0 Å². The van der Waals surface area contributed by atoms with E-state index in [1.807, 2.05) is 18.2 Å². The van der Waals surface area contributed by atoms with Crippen molar-refractivity contribution in [3.63, 3.8) is 0 Å². The predicted octanol–water partition coefficient (Wildman–Crippen LogP) is 0.638. The molecule has 1 aliphatic heterocycles. The summed E-state index contributed by atoms with van der Waals surface area (Å²) in [5.41, 5.74) is 1.12. The number of pyridine rings is 1. The van der Waals surface area contributed by atoms with E-state index in [1.165, 1.54) is 17.7 Å². The van der Waals surface area contributed by atoms with Crippen LogP contribution in [0.3, 0.4) is 0 Å². The summed E-state index contributed by atoms with van der Waals surface area (Å²) in [6, 6.07) is 7.13. The molecule has 1 N–H and O–H groups in total. The summed E-state index contributed by atoms with van der Waals surface area (Å²) in [5, 5.41) is 2.73. The van der Waals surface area contributed by atoms with E-state index in [2.05, 4.69) is 15.3 Å². The second-order valence-corrected chi connectivity index (χ2v) is 6.24. The maximum absolute atomic E-state index is 12.7.